The fourth-order valence-corrected chi connectivity index (χ4v) is 1.19. The molecule has 72 valence electrons. The molecule has 2 rings (SSSR count). The number of hydrogen-bond donors (Lipinski definition) is 1. The molecule has 1 saturated carbocycles. The minimum Gasteiger partial charge on any atom is -0.388 e. The van der Waals surface area contributed by atoms with Gasteiger partial charge in [0, 0.05) is 5.92 Å². The number of aliphatic hydroxyl groups is 1. The van der Waals surface area contributed by atoms with Gasteiger partial charge in [-0.3, -0.25) is 0 Å². The van der Waals surface area contributed by atoms with Crippen LogP contribution in [0, 0.1) is 0 Å². The van der Waals surface area contributed by atoms with Crippen molar-refractivity contribution in [3.63, 3.8) is 0 Å². The van der Waals surface area contributed by atoms with Gasteiger partial charge in [0.2, 0.25) is 0 Å². The molecule has 1 atom stereocenters. The monoisotopic (exact) mass is 185 g/mol. The molecule has 1 fully saturated rings. The van der Waals surface area contributed by atoms with Crippen molar-refractivity contribution in [2.45, 2.75) is 31.4 Å². The second-order valence-corrected chi connectivity index (χ2v) is 3.41. The van der Waals surface area contributed by atoms with E-state index in [1.54, 1.807) is 6.33 Å². The lowest BCUT2D eigenvalue weighted by Gasteiger charge is -2.03. The zero-order valence-corrected chi connectivity index (χ0v) is 7.23. The highest BCUT2D eigenvalue weighted by Gasteiger charge is 2.27. The standard InChI is InChI=1S/C8H12FN3O/c9-3-7(13)4-12-5-10-8(11-12)6-1-2-6/h5-7,13H,1-4H2. The zero-order chi connectivity index (χ0) is 9.26. The summed E-state index contributed by atoms with van der Waals surface area (Å²) in [6.45, 7) is -0.547. The van der Waals surface area contributed by atoms with Crippen molar-refractivity contribution in [3.05, 3.63) is 12.2 Å². The Morgan fingerprint density at radius 1 is 1.69 bits per heavy atom. The first-order valence-electron chi connectivity index (χ1n) is 4.43. The van der Waals surface area contributed by atoms with Gasteiger partial charge in [-0.15, -0.1) is 0 Å². The minimum absolute atomic E-state index is 0.191. The normalized spacial score (nSPS) is 18.9. The van der Waals surface area contributed by atoms with Gasteiger partial charge in [-0.1, -0.05) is 0 Å². The summed E-state index contributed by atoms with van der Waals surface area (Å²) in [7, 11) is 0. The quantitative estimate of drug-likeness (QED) is 0.742. The molecule has 0 radical (unpaired) electrons. The van der Waals surface area contributed by atoms with Crippen LogP contribution in [0.2, 0.25) is 0 Å². The van der Waals surface area contributed by atoms with Gasteiger partial charge in [0.25, 0.3) is 0 Å². The van der Waals surface area contributed by atoms with Crippen LogP contribution in [0.1, 0.15) is 24.6 Å². The van der Waals surface area contributed by atoms with Gasteiger partial charge >= 0.3 is 0 Å². The van der Waals surface area contributed by atoms with Gasteiger partial charge in [-0.2, -0.15) is 5.10 Å². The lowest BCUT2D eigenvalue weighted by atomic mass is 10.4. The maximum absolute atomic E-state index is 11.9. The molecule has 1 aromatic rings. The van der Waals surface area contributed by atoms with E-state index in [4.69, 9.17) is 5.11 Å². The number of hydrogen-bond acceptors (Lipinski definition) is 3. The molecule has 0 amide bonds. The predicted octanol–water partition coefficient (Wildman–Crippen LogP) is 0.486. The van der Waals surface area contributed by atoms with Gasteiger partial charge in [-0.25, -0.2) is 14.1 Å². The van der Waals surface area contributed by atoms with Crippen molar-refractivity contribution in [3.8, 4) is 0 Å². The second kappa shape index (κ2) is 3.41. The molecule has 0 spiro atoms. The molecule has 0 saturated heterocycles. The highest BCUT2D eigenvalue weighted by atomic mass is 19.1. The Balaban J connectivity index is 1.96. The van der Waals surface area contributed by atoms with E-state index >= 15 is 0 Å². The van der Waals surface area contributed by atoms with Crippen LogP contribution in [0.5, 0.6) is 0 Å². The van der Waals surface area contributed by atoms with Gasteiger partial charge in [0.1, 0.15) is 19.1 Å². The molecule has 5 heteroatoms. The summed E-state index contributed by atoms with van der Waals surface area (Å²) in [6.07, 6.45) is 2.88. The smallest absolute Gasteiger partial charge is 0.153 e. The predicted molar refractivity (Wildman–Crippen MR) is 44.0 cm³/mol. The molecular weight excluding hydrogens is 173 g/mol. The van der Waals surface area contributed by atoms with E-state index in [1.165, 1.54) is 4.68 Å². The maximum atomic E-state index is 11.9. The number of halogens is 1. The topological polar surface area (TPSA) is 50.9 Å². The van der Waals surface area contributed by atoms with E-state index in [-0.39, 0.29) is 6.54 Å². The van der Waals surface area contributed by atoms with E-state index in [0.717, 1.165) is 18.7 Å². The molecule has 4 nitrogen and oxygen atoms in total. The highest BCUT2D eigenvalue weighted by molar-refractivity contribution is 5.02. The third kappa shape index (κ3) is 2.03. The molecule has 1 N–H and O–H groups in total. The van der Waals surface area contributed by atoms with Crippen molar-refractivity contribution in [2.24, 2.45) is 0 Å². The van der Waals surface area contributed by atoms with Crippen molar-refractivity contribution >= 4 is 0 Å². The van der Waals surface area contributed by atoms with Crippen molar-refractivity contribution < 1.29 is 9.50 Å². The summed E-state index contributed by atoms with van der Waals surface area (Å²) in [5, 5.41) is 13.2. The molecule has 0 bridgehead atoms. The molecule has 0 aromatic carbocycles. The zero-order valence-electron chi connectivity index (χ0n) is 7.23. The Labute approximate surface area is 75.4 Å². The molecule has 1 aliphatic rings. The van der Waals surface area contributed by atoms with Crippen LogP contribution in [-0.4, -0.2) is 32.6 Å². The fourth-order valence-electron chi connectivity index (χ4n) is 1.19. The van der Waals surface area contributed by atoms with Gasteiger partial charge < -0.3 is 5.11 Å². The highest BCUT2D eigenvalue weighted by Crippen LogP contribution is 2.37. The second-order valence-electron chi connectivity index (χ2n) is 3.41. The average Bonchev–Trinajstić information content (AvgIpc) is 2.88. The number of nitrogens with zero attached hydrogens (tertiary/aromatic N) is 3. The molecule has 0 aliphatic heterocycles. The van der Waals surface area contributed by atoms with Crippen LogP contribution < -0.4 is 0 Å². The number of aliphatic hydroxyl groups excluding tert-OH is 1. The lowest BCUT2D eigenvalue weighted by molar-refractivity contribution is 0.118. The van der Waals surface area contributed by atoms with Crippen molar-refractivity contribution in [1.29, 1.82) is 0 Å². The van der Waals surface area contributed by atoms with Crippen LogP contribution in [0.25, 0.3) is 0 Å². The molecule has 13 heavy (non-hydrogen) atoms. The Kier molecular flexibility index (Phi) is 2.26. The lowest BCUT2D eigenvalue weighted by Crippen LogP contribution is -2.18. The van der Waals surface area contributed by atoms with Crippen LogP contribution in [0.15, 0.2) is 6.33 Å². The fraction of sp³-hybridized carbons (Fsp3) is 0.750. The van der Waals surface area contributed by atoms with E-state index in [0.29, 0.717) is 5.92 Å². The van der Waals surface area contributed by atoms with Crippen LogP contribution >= 0.6 is 0 Å². The summed E-state index contributed by atoms with van der Waals surface area (Å²) >= 11 is 0. The number of alkyl halides is 1. The summed E-state index contributed by atoms with van der Waals surface area (Å²) in [5.74, 6) is 1.33. The summed E-state index contributed by atoms with van der Waals surface area (Å²) in [5.41, 5.74) is 0. The van der Waals surface area contributed by atoms with Gasteiger partial charge in [0.15, 0.2) is 5.82 Å². The third-order valence-electron chi connectivity index (χ3n) is 2.07. The first kappa shape index (κ1) is 8.62. The Morgan fingerprint density at radius 2 is 2.46 bits per heavy atom. The first-order valence-corrected chi connectivity index (χ1v) is 4.43. The Morgan fingerprint density at radius 3 is 3.08 bits per heavy atom. The first-order chi connectivity index (χ1) is 6.29. The Hall–Kier alpha value is -0.970. The van der Waals surface area contributed by atoms with Gasteiger partial charge in [-0.05, 0) is 12.8 Å². The SMILES string of the molecule is OC(CF)Cn1cnc(C2CC2)n1. The van der Waals surface area contributed by atoms with E-state index < -0.39 is 12.8 Å². The van der Waals surface area contributed by atoms with E-state index in [9.17, 15) is 4.39 Å². The van der Waals surface area contributed by atoms with Crippen LogP contribution in [0.4, 0.5) is 4.39 Å². The molecule has 1 unspecified atom stereocenters. The summed E-state index contributed by atoms with van der Waals surface area (Å²) < 4.78 is 13.4. The summed E-state index contributed by atoms with van der Waals surface area (Å²) in [4.78, 5) is 4.08. The summed E-state index contributed by atoms with van der Waals surface area (Å²) in [6, 6.07) is 0. The molecular formula is C8H12FN3O. The van der Waals surface area contributed by atoms with Crippen molar-refractivity contribution in [2.75, 3.05) is 6.67 Å². The van der Waals surface area contributed by atoms with Gasteiger partial charge in [0.05, 0.1) is 6.54 Å². The Bertz CT molecular complexity index is 285. The van der Waals surface area contributed by atoms with E-state index in [2.05, 4.69) is 10.1 Å². The third-order valence-corrected chi connectivity index (χ3v) is 2.07. The molecule has 1 heterocycles. The minimum atomic E-state index is -0.964. The molecule has 1 aromatic heterocycles. The van der Waals surface area contributed by atoms with Crippen LogP contribution in [0.3, 0.4) is 0 Å². The number of rotatable bonds is 4. The average molecular weight is 185 g/mol. The van der Waals surface area contributed by atoms with Crippen molar-refractivity contribution in [1.82, 2.24) is 14.8 Å². The molecule has 1 aliphatic carbocycles. The largest absolute Gasteiger partial charge is 0.388 e. The maximum Gasteiger partial charge on any atom is 0.153 e. The van der Waals surface area contributed by atoms with Crippen LogP contribution in [-0.2, 0) is 6.54 Å². The van der Waals surface area contributed by atoms with E-state index in [1.807, 2.05) is 0 Å². The number of aromatic nitrogens is 3.